The molecular formula is C20H19FN2O. The molecule has 1 aliphatic rings. The van der Waals surface area contributed by atoms with Gasteiger partial charge in [0.25, 0.3) is 5.91 Å². The van der Waals surface area contributed by atoms with Crippen molar-refractivity contribution in [1.82, 2.24) is 9.88 Å². The summed E-state index contributed by atoms with van der Waals surface area (Å²) in [5.74, 6) is -0.211. The topological polar surface area (TPSA) is 36.1 Å². The van der Waals surface area contributed by atoms with Crippen molar-refractivity contribution in [2.45, 2.75) is 18.8 Å². The van der Waals surface area contributed by atoms with Gasteiger partial charge in [0.05, 0.1) is 5.56 Å². The molecule has 0 radical (unpaired) electrons. The van der Waals surface area contributed by atoms with Gasteiger partial charge in [0.2, 0.25) is 0 Å². The van der Waals surface area contributed by atoms with Crippen molar-refractivity contribution < 1.29 is 9.18 Å². The number of nitrogens with zero attached hydrogens (tertiary/aromatic N) is 1. The Balaban J connectivity index is 1.49. The van der Waals surface area contributed by atoms with E-state index in [1.54, 1.807) is 23.1 Å². The van der Waals surface area contributed by atoms with Crippen LogP contribution >= 0.6 is 0 Å². The molecule has 24 heavy (non-hydrogen) atoms. The molecule has 2 heterocycles. The number of halogens is 1. The Morgan fingerprint density at radius 2 is 1.75 bits per heavy atom. The molecule has 0 unspecified atom stereocenters. The van der Waals surface area contributed by atoms with Gasteiger partial charge in [0.1, 0.15) is 5.82 Å². The van der Waals surface area contributed by atoms with Crippen LogP contribution in [0.25, 0.3) is 10.9 Å². The number of para-hydroxylation sites is 1. The number of rotatable bonds is 2. The molecule has 0 atom stereocenters. The lowest BCUT2D eigenvalue weighted by molar-refractivity contribution is 0.0708. The van der Waals surface area contributed by atoms with Crippen molar-refractivity contribution in [2.75, 3.05) is 13.1 Å². The second kappa shape index (κ2) is 6.11. The summed E-state index contributed by atoms with van der Waals surface area (Å²) in [5.41, 5.74) is 2.64. The maximum Gasteiger partial charge on any atom is 0.256 e. The number of aromatic amines is 1. The number of nitrogens with one attached hydrogen (secondary N) is 1. The third kappa shape index (κ3) is 2.58. The summed E-state index contributed by atoms with van der Waals surface area (Å²) in [6.07, 6.45) is 3.90. The largest absolute Gasteiger partial charge is 0.361 e. The summed E-state index contributed by atoms with van der Waals surface area (Å²) in [7, 11) is 0. The average molecular weight is 322 g/mol. The summed E-state index contributed by atoms with van der Waals surface area (Å²) in [5, 5.41) is 1.26. The first-order valence-corrected chi connectivity index (χ1v) is 8.34. The minimum absolute atomic E-state index is 0.169. The van der Waals surface area contributed by atoms with Crippen molar-refractivity contribution in [3.05, 3.63) is 71.7 Å². The Hall–Kier alpha value is -2.62. The van der Waals surface area contributed by atoms with Crippen molar-refractivity contribution in [3.8, 4) is 0 Å². The van der Waals surface area contributed by atoms with Gasteiger partial charge in [-0.3, -0.25) is 4.79 Å². The fraction of sp³-hybridized carbons (Fsp3) is 0.250. The number of likely N-dealkylation sites (tertiary alicyclic amines) is 1. The quantitative estimate of drug-likeness (QED) is 0.749. The summed E-state index contributed by atoms with van der Waals surface area (Å²) in [4.78, 5) is 17.6. The number of aromatic nitrogens is 1. The molecule has 3 nitrogen and oxygen atoms in total. The third-order valence-electron chi connectivity index (χ3n) is 4.95. The number of carbonyl (C=O) groups excluding carboxylic acids is 1. The summed E-state index contributed by atoms with van der Waals surface area (Å²) < 4.78 is 13.8. The van der Waals surface area contributed by atoms with E-state index < -0.39 is 5.82 Å². The number of carbonyl (C=O) groups is 1. The van der Waals surface area contributed by atoms with Gasteiger partial charge in [-0.1, -0.05) is 30.3 Å². The van der Waals surface area contributed by atoms with Crippen LogP contribution in [0.15, 0.2) is 54.7 Å². The highest BCUT2D eigenvalue weighted by Gasteiger charge is 2.27. The second-order valence-electron chi connectivity index (χ2n) is 6.34. The summed E-state index contributed by atoms with van der Waals surface area (Å²) in [6, 6.07) is 14.5. The molecule has 1 saturated heterocycles. The molecule has 1 amide bonds. The molecule has 2 aromatic carbocycles. The van der Waals surface area contributed by atoms with Gasteiger partial charge in [0, 0.05) is 30.2 Å². The number of piperidine rings is 1. The predicted octanol–water partition coefficient (Wildman–Crippen LogP) is 4.33. The van der Waals surface area contributed by atoms with Gasteiger partial charge in [-0.05, 0) is 42.5 Å². The van der Waals surface area contributed by atoms with E-state index in [4.69, 9.17) is 0 Å². The monoisotopic (exact) mass is 322 g/mol. The van der Waals surface area contributed by atoms with Crippen molar-refractivity contribution >= 4 is 16.8 Å². The Kier molecular flexibility index (Phi) is 3.81. The zero-order chi connectivity index (χ0) is 16.5. The Morgan fingerprint density at radius 3 is 2.54 bits per heavy atom. The molecule has 4 heteroatoms. The number of amides is 1. The molecule has 0 saturated carbocycles. The van der Waals surface area contributed by atoms with Crippen molar-refractivity contribution in [1.29, 1.82) is 0 Å². The van der Waals surface area contributed by atoms with Crippen LogP contribution in [-0.2, 0) is 0 Å². The lowest BCUT2D eigenvalue weighted by Crippen LogP contribution is -2.38. The highest BCUT2D eigenvalue weighted by atomic mass is 19.1. The molecule has 0 aliphatic carbocycles. The van der Waals surface area contributed by atoms with E-state index in [0.717, 1.165) is 18.4 Å². The Bertz CT molecular complexity index is 878. The smallest absolute Gasteiger partial charge is 0.256 e. The molecule has 3 aromatic rings. The second-order valence-corrected chi connectivity index (χ2v) is 6.34. The number of H-pyrrole nitrogens is 1. The van der Waals surface area contributed by atoms with Gasteiger partial charge in [0.15, 0.2) is 0 Å². The first-order valence-electron chi connectivity index (χ1n) is 8.34. The SMILES string of the molecule is O=C(c1ccccc1F)N1CCC(c2c[nH]c3ccccc23)CC1. The normalized spacial score (nSPS) is 15.8. The van der Waals surface area contributed by atoms with Gasteiger partial charge in [-0.25, -0.2) is 4.39 Å². The third-order valence-corrected chi connectivity index (χ3v) is 4.95. The first kappa shape index (κ1) is 14.9. The minimum atomic E-state index is -0.443. The van der Waals surface area contributed by atoms with Gasteiger partial charge >= 0.3 is 0 Å². The highest BCUT2D eigenvalue weighted by molar-refractivity contribution is 5.94. The number of hydrogen-bond donors (Lipinski definition) is 1. The van der Waals surface area contributed by atoms with E-state index in [1.807, 2.05) is 6.07 Å². The molecule has 1 N–H and O–H groups in total. The van der Waals surface area contributed by atoms with E-state index in [1.165, 1.54) is 17.0 Å². The maximum atomic E-state index is 13.8. The fourth-order valence-corrected chi connectivity index (χ4v) is 3.63. The number of benzene rings is 2. The number of hydrogen-bond acceptors (Lipinski definition) is 1. The van der Waals surface area contributed by atoms with Crippen LogP contribution in [0.3, 0.4) is 0 Å². The Labute approximate surface area is 140 Å². The molecular weight excluding hydrogens is 303 g/mol. The first-order chi connectivity index (χ1) is 11.7. The zero-order valence-electron chi connectivity index (χ0n) is 13.3. The van der Waals surface area contributed by atoms with E-state index in [9.17, 15) is 9.18 Å². The van der Waals surface area contributed by atoms with E-state index in [2.05, 4.69) is 29.4 Å². The molecule has 0 spiro atoms. The summed E-state index contributed by atoms with van der Waals surface area (Å²) in [6.45, 7) is 1.33. The summed E-state index contributed by atoms with van der Waals surface area (Å²) >= 11 is 0. The van der Waals surface area contributed by atoms with Crippen LogP contribution in [0.2, 0.25) is 0 Å². The lowest BCUT2D eigenvalue weighted by Gasteiger charge is -2.32. The maximum absolute atomic E-state index is 13.8. The van der Waals surface area contributed by atoms with E-state index in [-0.39, 0.29) is 11.5 Å². The van der Waals surface area contributed by atoms with Crippen LogP contribution in [0.5, 0.6) is 0 Å². The van der Waals surface area contributed by atoms with Crippen LogP contribution in [0.1, 0.15) is 34.7 Å². The van der Waals surface area contributed by atoms with Crippen LogP contribution in [0, 0.1) is 5.82 Å². The average Bonchev–Trinajstić information content (AvgIpc) is 3.06. The van der Waals surface area contributed by atoms with Crippen molar-refractivity contribution in [3.63, 3.8) is 0 Å². The van der Waals surface area contributed by atoms with E-state index in [0.29, 0.717) is 19.0 Å². The van der Waals surface area contributed by atoms with Crippen LogP contribution in [0.4, 0.5) is 4.39 Å². The molecule has 1 fully saturated rings. The highest BCUT2D eigenvalue weighted by Crippen LogP contribution is 2.33. The van der Waals surface area contributed by atoms with Gasteiger partial charge in [-0.2, -0.15) is 0 Å². The fourth-order valence-electron chi connectivity index (χ4n) is 3.63. The zero-order valence-corrected chi connectivity index (χ0v) is 13.3. The lowest BCUT2D eigenvalue weighted by atomic mass is 9.89. The van der Waals surface area contributed by atoms with Gasteiger partial charge in [-0.15, -0.1) is 0 Å². The molecule has 0 bridgehead atoms. The number of fused-ring (bicyclic) bond motifs is 1. The van der Waals surface area contributed by atoms with Crippen LogP contribution < -0.4 is 0 Å². The standard InChI is InChI=1S/C20H19FN2O/c21-18-7-3-1-6-16(18)20(24)23-11-9-14(10-12-23)17-13-22-19-8-4-2-5-15(17)19/h1-8,13-14,22H,9-12H2. The Morgan fingerprint density at radius 1 is 1.04 bits per heavy atom. The van der Waals surface area contributed by atoms with Crippen molar-refractivity contribution in [2.24, 2.45) is 0 Å². The minimum Gasteiger partial charge on any atom is -0.361 e. The van der Waals surface area contributed by atoms with Crippen LogP contribution in [-0.4, -0.2) is 28.9 Å². The van der Waals surface area contributed by atoms with Gasteiger partial charge < -0.3 is 9.88 Å². The predicted molar refractivity (Wildman–Crippen MR) is 92.6 cm³/mol. The molecule has 122 valence electrons. The molecule has 1 aliphatic heterocycles. The van der Waals surface area contributed by atoms with E-state index >= 15 is 0 Å². The molecule has 1 aromatic heterocycles. The molecule has 4 rings (SSSR count).